The summed E-state index contributed by atoms with van der Waals surface area (Å²) in [6.45, 7) is 12.5. The van der Waals surface area contributed by atoms with E-state index in [1.807, 2.05) is 13.8 Å². The van der Waals surface area contributed by atoms with Crippen molar-refractivity contribution in [2.75, 3.05) is 7.11 Å². The fraction of sp³-hybridized carbons (Fsp3) is 0.714. The van der Waals surface area contributed by atoms with Gasteiger partial charge in [0.15, 0.2) is 0 Å². The lowest BCUT2D eigenvalue weighted by Gasteiger charge is -2.33. The quantitative estimate of drug-likeness (QED) is 0.855. The number of rotatable bonds is 5. The second-order valence-electron chi connectivity index (χ2n) is 5.29. The Hall–Kier alpha value is -0.800. The van der Waals surface area contributed by atoms with E-state index in [9.17, 15) is 0 Å². The molecule has 2 atom stereocenters. The maximum atomic E-state index is 5.56. The molecule has 98 valence electrons. The summed E-state index contributed by atoms with van der Waals surface area (Å²) in [5, 5.41) is 3.56. The van der Waals surface area contributed by atoms with Crippen LogP contribution in [0.15, 0.2) is 10.5 Å². The molecule has 0 saturated carbocycles. The van der Waals surface area contributed by atoms with Gasteiger partial charge in [-0.3, -0.25) is 0 Å². The molecule has 1 aromatic rings. The number of ether oxygens (including phenoxy) is 1. The summed E-state index contributed by atoms with van der Waals surface area (Å²) in [7, 11) is 1.75. The Kier molecular flexibility index (Phi) is 4.39. The number of nitrogens with one attached hydrogen (secondary N) is 1. The van der Waals surface area contributed by atoms with Gasteiger partial charge < -0.3 is 14.5 Å². The van der Waals surface area contributed by atoms with Gasteiger partial charge in [0.05, 0.1) is 5.60 Å². The zero-order valence-electron chi connectivity index (χ0n) is 12.0. The fourth-order valence-corrected chi connectivity index (χ4v) is 1.92. The smallest absolute Gasteiger partial charge is 0.105 e. The molecule has 0 bridgehead atoms. The van der Waals surface area contributed by atoms with Gasteiger partial charge in [-0.1, -0.05) is 0 Å². The number of methoxy groups -OCH3 is 1. The predicted molar refractivity (Wildman–Crippen MR) is 70.3 cm³/mol. The molecule has 1 heterocycles. The van der Waals surface area contributed by atoms with Crippen molar-refractivity contribution < 1.29 is 9.15 Å². The molecule has 1 aromatic heterocycles. The van der Waals surface area contributed by atoms with E-state index in [1.165, 1.54) is 5.56 Å². The molecule has 0 spiro atoms. The minimum atomic E-state index is -0.180. The lowest BCUT2D eigenvalue weighted by atomic mass is 9.98. The first kappa shape index (κ1) is 14.3. The summed E-state index contributed by atoms with van der Waals surface area (Å²) in [4.78, 5) is 0. The topological polar surface area (TPSA) is 34.4 Å². The van der Waals surface area contributed by atoms with Gasteiger partial charge in [-0.2, -0.15) is 0 Å². The molecular weight excluding hydrogens is 214 g/mol. The van der Waals surface area contributed by atoms with Crippen LogP contribution >= 0.6 is 0 Å². The lowest BCUT2D eigenvalue weighted by molar-refractivity contribution is -0.00768. The molecule has 17 heavy (non-hydrogen) atoms. The van der Waals surface area contributed by atoms with Gasteiger partial charge in [0.2, 0.25) is 0 Å². The monoisotopic (exact) mass is 239 g/mol. The standard InChI is InChI=1S/C14H25NO2/c1-9-8-13(11(3)17-9)10(2)15-12(4)14(5,6)16-7/h8,10,12,15H,1-7H3. The largest absolute Gasteiger partial charge is 0.466 e. The Bertz CT molecular complexity index is 368. The van der Waals surface area contributed by atoms with Crippen LogP contribution in [0.2, 0.25) is 0 Å². The normalized spacial score (nSPS) is 15.9. The molecule has 1 rings (SSSR count). The SMILES string of the molecule is COC(C)(C)C(C)NC(C)c1cc(C)oc1C. The van der Waals surface area contributed by atoms with Crippen LogP contribution in [-0.4, -0.2) is 18.8 Å². The maximum Gasteiger partial charge on any atom is 0.105 e. The summed E-state index contributed by atoms with van der Waals surface area (Å²) in [5.74, 6) is 1.95. The highest BCUT2D eigenvalue weighted by Crippen LogP contribution is 2.23. The number of aryl methyl sites for hydroxylation is 2. The molecule has 0 amide bonds. The third-order valence-electron chi connectivity index (χ3n) is 3.61. The summed E-state index contributed by atoms with van der Waals surface area (Å²) in [5.41, 5.74) is 1.04. The van der Waals surface area contributed by atoms with Crippen molar-refractivity contribution in [1.82, 2.24) is 5.32 Å². The first-order valence-electron chi connectivity index (χ1n) is 6.16. The Morgan fingerprint density at radius 3 is 2.29 bits per heavy atom. The average molecular weight is 239 g/mol. The molecule has 1 N–H and O–H groups in total. The highest BCUT2D eigenvalue weighted by Gasteiger charge is 2.27. The van der Waals surface area contributed by atoms with Gasteiger partial charge in [-0.15, -0.1) is 0 Å². The van der Waals surface area contributed by atoms with Gasteiger partial charge in [-0.25, -0.2) is 0 Å². The molecule has 3 nitrogen and oxygen atoms in total. The van der Waals surface area contributed by atoms with E-state index in [2.05, 4.69) is 39.1 Å². The summed E-state index contributed by atoms with van der Waals surface area (Å²) >= 11 is 0. The fourth-order valence-electron chi connectivity index (χ4n) is 1.92. The summed E-state index contributed by atoms with van der Waals surface area (Å²) < 4.78 is 11.0. The lowest BCUT2D eigenvalue weighted by Crippen LogP contribution is -2.46. The first-order valence-corrected chi connectivity index (χ1v) is 6.16. The van der Waals surface area contributed by atoms with E-state index in [0.717, 1.165) is 11.5 Å². The summed E-state index contributed by atoms with van der Waals surface area (Å²) in [6.07, 6.45) is 0. The minimum absolute atomic E-state index is 0.180. The van der Waals surface area contributed by atoms with Gasteiger partial charge in [-0.05, 0) is 47.6 Å². The van der Waals surface area contributed by atoms with Crippen LogP contribution in [0.25, 0.3) is 0 Å². The van der Waals surface area contributed by atoms with Crippen LogP contribution in [-0.2, 0) is 4.74 Å². The third-order valence-corrected chi connectivity index (χ3v) is 3.61. The first-order chi connectivity index (χ1) is 7.77. The van der Waals surface area contributed by atoms with E-state index in [1.54, 1.807) is 7.11 Å². The van der Waals surface area contributed by atoms with Crippen molar-refractivity contribution in [3.8, 4) is 0 Å². The van der Waals surface area contributed by atoms with Crippen molar-refractivity contribution in [3.05, 3.63) is 23.2 Å². The molecule has 3 heteroatoms. The van der Waals surface area contributed by atoms with Crippen LogP contribution in [0.4, 0.5) is 0 Å². The molecule has 0 fully saturated rings. The van der Waals surface area contributed by atoms with E-state index in [0.29, 0.717) is 0 Å². The zero-order valence-corrected chi connectivity index (χ0v) is 12.0. The minimum Gasteiger partial charge on any atom is -0.466 e. The molecular formula is C14H25NO2. The highest BCUT2D eigenvalue weighted by atomic mass is 16.5. The average Bonchev–Trinajstić information content (AvgIpc) is 2.57. The van der Waals surface area contributed by atoms with Crippen LogP contribution in [0.3, 0.4) is 0 Å². The van der Waals surface area contributed by atoms with Crippen LogP contribution < -0.4 is 5.32 Å². The summed E-state index contributed by atoms with van der Waals surface area (Å²) in [6, 6.07) is 2.62. The third kappa shape index (κ3) is 3.33. The predicted octanol–water partition coefficient (Wildman–Crippen LogP) is 3.36. The second-order valence-corrected chi connectivity index (χ2v) is 5.29. The van der Waals surface area contributed by atoms with Gasteiger partial charge in [0.1, 0.15) is 11.5 Å². The van der Waals surface area contributed by atoms with Crippen molar-refractivity contribution in [1.29, 1.82) is 0 Å². The highest BCUT2D eigenvalue weighted by molar-refractivity contribution is 5.23. The molecule has 0 aliphatic carbocycles. The van der Waals surface area contributed by atoms with Crippen LogP contribution in [0, 0.1) is 13.8 Å². The molecule has 0 aromatic carbocycles. The Labute approximate surface area is 105 Å². The Morgan fingerprint density at radius 1 is 1.29 bits per heavy atom. The van der Waals surface area contributed by atoms with Gasteiger partial charge >= 0.3 is 0 Å². The molecule has 0 saturated heterocycles. The Balaban J connectivity index is 2.73. The van der Waals surface area contributed by atoms with Crippen LogP contribution in [0.5, 0.6) is 0 Å². The number of hydrogen-bond donors (Lipinski definition) is 1. The van der Waals surface area contributed by atoms with Crippen molar-refractivity contribution in [2.24, 2.45) is 0 Å². The molecule has 0 aliphatic rings. The van der Waals surface area contributed by atoms with Crippen molar-refractivity contribution in [2.45, 2.75) is 59.2 Å². The maximum absolute atomic E-state index is 5.56. The molecule has 2 unspecified atom stereocenters. The Morgan fingerprint density at radius 2 is 1.88 bits per heavy atom. The number of furan rings is 1. The van der Waals surface area contributed by atoms with Crippen molar-refractivity contribution in [3.63, 3.8) is 0 Å². The van der Waals surface area contributed by atoms with E-state index in [4.69, 9.17) is 9.15 Å². The van der Waals surface area contributed by atoms with E-state index in [-0.39, 0.29) is 17.7 Å². The van der Waals surface area contributed by atoms with E-state index >= 15 is 0 Å². The van der Waals surface area contributed by atoms with Crippen molar-refractivity contribution >= 4 is 0 Å². The van der Waals surface area contributed by atoms with Gasteiger partial charge in [0, 0.05) is 24.8 Å². The zero-order chi connectivity index (χ0) is 13.2. The van der Waals surface area contributed by atoms with Crippen LogP contribution in [0.1, 0.15) is 50.8 Å². The molecule has 0 aliphatic heterocycles. The van der Waals surface area contributed by atoms with E-state index < -0.39 is 0 Å². The second kappa shape index (κ2) is 5.23. The van der Waals surface area contributed by atoms with Gasteiger partial charge in [0.25, 0.3) is 0 Å². The molecule has 0 radical (unpaired) electrons. The number of hydrogen-bond acceptors (Lipinski definition) is 3.